The first kappa shape index (κ1) is 28.0. The summed E-state index contributed by atoms with van der Waals surface area (Å²) in [5.74, 6) is -5.18. The van der Waals surface area contributed by atoms with Gasteiger partial charge in [0, 0.05) is 31.2 Å². The van der Waals surface area contributed by atoms with Crippen LogP contribution in [0, 0.1) is 17.5 Å². The third kappa shape index (κ3) is 5.85. The number of hydrogen-bond acceptors (Lipinski definition) is 4. The van der Waals surface area contributed by atoms with Gasteiger partial charge < -0.3 is 20.9 Å². The minimum Gasteiger partial charge on any atom is -0.367 e. The fraction of sp³-hybridized carbons (Fsp3) is 0.259. The Morgan fingerprint density at radius 1 is 0.949 bits per heavy atom. The van der Waals surface area contributed by atoms with E-state index in [0.29, 0.717) is 25.7 Å². The van der Waals surface area contributed by atoms with Crippen LogP contribution in [0.4, 0.5) is 37.7 Å². The molecule has 1 saturated heterocycles. The third-order valence-electron chi connectivity index (χ3n) is 6.71. The quantitative estimate of drug-likeness (QED) is 0.424. The molecule has 1 aliphatic heterocycles. The first-order chi connectivity index (χ1) is 18.3. The van der Waals surface area contributed by atoms with Gasteiger partial charge in [-0.1, -0.05) is 6.07 Å². The number of alkyl halides is 3. The molecule has 0 unspecified atom stereocenters. The van der Waals surface area contributed by atoms with Crippen molar-refractivity contribution in [2.45, 2.75) is 19.1 Å². The zero-order valence-corrected chi connectivity index (χ0v) is 20.9. The second-order valence-electron chi connectivity index (χ2n) is 9.33. The van der Waals surface area contributed by atoms with Gasteiger partial charge in [-0.3, -0.25) is 9.59 Å². The highest BCUT2D eigenvalue weighted by Crippen LogP contribution is 2.37. The van der Waals surface area contributed by atoms with Gasteiger partial charge in [0.25, 0.3) is 11.8 Å². The number of carbonyl (C=O) groups is 2. The van der Waals surface area contributed by atoms with Gasteiger partial charge in [0.1, 0.15) is 17.5 Å². The lowest BCUT2D eigenvalue weighted by Gasteiger charge is -2.39. The van der Waals surface area contributed by atoms with E-state index in [-0.39, 0.29) is 34.6 Å². The number of carbonyl (C=O) groups excluding carboxylic acids is 2. The van der Waals surface area contributed by atoms with Crippen LogP contribution in [0.1, 0.15) is 33.2 Å². The molecule has 0 aromatic heterocycles. The van der Waals surface area contributed by atoms with Gasteiger partial charge in [0.2, 0.25) is 0 Å². The second-order valence-corrected chi connectivity index (χ2v) is 9.33. The van der Waals surface area contributed by atoms with Crippen LogP contribution in [-0.4, -0.2) is 49.4 Å². The molecule has 4 rings (SSSR count). The molecule has 0 aliphatic carbocycles. The van der Waals surface area contributed by atoms with E-state index in [0.717, 1.165) is 24.3 Å². The molecule has 0 saturated carbocycles. The summed E-state index contributed by atoms with van der Waals surface area (Å²) in [6.45, 7) is 3.37. The Balaban J connectivity index is 1.82. The highest BCUT2D eigenvalue weighted by molar-refractivity contribution is 6.07. The fourth-order valence-corrected chi connectivity index (χ4v) is 4.43. The van der Waals surface area contributed by atoms with Crippen LogP contribution in [0.3, 0.4) is 0 Å². The number of likely N-dealkylation sites (N-methyl/N-ethyl adjacent to an activating group) is 1. The second kappa shape index (κ2) is 10.6. The van der Waals surface area contributed by atoms with Crippen molar-refractivity contribution in [3.8, 4) is 11.1 Å². The molecule has 3 aromatic rings. The summed E-state index contributed by atoms with van der Waals surface area (Å²) in [6, 6.07) is 7.22. The summed E-state index contributed by atoms with van der Waals surface area (Å²) in [5.41, 5.74) is 2.41. The number of nitrogens with two attached hydrogens (primary N) is 1. The van der Waals surface area contributed by atoms with E-state index in [1.54, 1.807) is 4.90 Å². The molecule has 6 nitrogen and oxygen atoms in total. The molecule has 206 valence electrons. The van der Waals surface area contributed by atoms with Crippen LogP contribution in [0.25, 0.3) is 11.1 Å². The number of piperazine rings is 1. The maximum atomic E-state index is 15.4. The number of nitrogens with one attached hydrogen (secondary N) is 1. The molecule has 2 amide bonds. The van der Waals surface area contributed by atoms with E-state index in [9.17, 15) is 31.5 Å². The van der Waals surface area contributed by atoms with E-state index in [4.69, 9.17) is 5.73 Å². The smallest absolute Gasteiger partial charge is 0.367 e. The van der Waals surface area contributed by atoms with Gasteiger partial charge in [0.15, 0.2) is 0 Å². The van der Waals surface area contributed by atoms with E-state index in [2.05, 4.69) is 10.2 Å². The van der Waals surface area contributed by atoms with E-state index in [1.807, 2.05) is 14.0 Å². The van der Waals surface area contributed by atoms with Crippen molar-refractivity contribution in [1.82, 2.24) is 4.90 Å². The van der Waals surface area contributed by atoms with Crippen molar-refractivity contribution in [2.75, 3.05) is 36.9 Å². The maximum Gasteiger partial charge on any atom is 0.417 e. The number of rotatable bonds is 5. The number of anilines is 2. The van der Waals surface area contributed by atoms with Crippen molar-refractivity contribution in [3.63, 3.8) is 0 Å². The lowest BCUT2D eigenvalue weighted by Crippen LogP contribution is -2.50. The van der Waals surface area contributed by atoms with E-state index >= 15 is 4.39 Å². The predicted octanol–water partition coefficient (Wildman–Crippen LogP) is 5.28. The molecule has 39 heavy (non-hydrogen) atoms. The van der Waals surface area contributed by atoms with Crippen molar-refractivity contribution in [3.05, 3.63) is 82.7 Å². The van der Waals surface area contributed by atoms with Gasteiger partial charge in [-0.05, 0) is 62.0 Å². The Hall–Kier alpha value is -4.06. The monoisotopic (exact) mass is 550 g/mol. The Kier molecular flexibility index (Phi) is 7.60. The SMILES string of the molecule is C[C@H]1CN(c2cc(F)c(-c3ccc(C(N)=O)c(F)c3)cc2NC(=O)c2ccc(F)cc2C(F)(F)F)CCN1C. The zero-order chi connectivity index (χ0) is 28.6. The standard InChI is InChI=1S/C27H24F6N4O2/c1-14-13-37(8-7-36(14)2)24-12-22(30)19(15-3-5-18(25(34)38)21(29)9-15)11-23(24)35-26(39)17-6-4-16(28)10-20(17)27(31,32)33/h3-6,9-12,14H,7-8,13H2,1-2H3,(H2,34,38)(H,35,39)/t14-/m0/s1. The summed E-state index contributed by atoms with van der Waals surface area (Å²) < 4.78 is 84.1. The third-order valence-corrected chi connectivity index (χ3v) is 6.71. The van der Waals surface area contributed by atoms with Gasteiger partial charge in [-0.2, -0.15) is 13.2 Å². The molecule has 0 bridgehead atoms. The Morgan fingerprint density at radius 3 is 2.26 bits per heavy atom. The zero-order valence-electron chi connectivity index (χ0n) is 20.9. The summed E-state index contributed by atoms with van der Waals surface area (Å²) >= 11 is 0. The summed E-state index contributed by atoms with van der Waals surface area (Å²) in [7, 11) is 1.91. The number of hydrogen-bond donors (Lipinski definition) is 2. The van der Waals surface area contributed by atoms with Crippen LogP contribution in [-0.2, 0) is 6.18 Å². The van der Waals surface area contributed by atoms with Crippen molar-refractivity contribution in [1.29, 1.82) is 0 Å². The van der Waals surface area contributed by atoms with Crippen molar-refractivity contribution in [2.24, 2.45) is 5.73 Å². The van der Waals surface area contributed by atoms with Crippen LogP contribution in [0.5, 0.6) is 0 Å². The van der Waals surface area contributed by atoms with E-state index < -0.39 is 52.1 Å². The first-order valence-corrected chi connectivity index (χ1v) is 11.8. The average molecular weight is 551 g/mol. The largest absolute Gasteiger partial charge is 0.417 e. The summed E-state index contributed by atoms with van der Waals surface area (Å²) in [6.07, 6.45) is -5.02. The minimum absolute atomic E-state index is 0.00144. The molecule has 12 heteroatoms. The molecular weight excluding hydrogens is 526 g/mol. The van der Waals surface area contributed by atoms with Crippen LogP contribution >= 0.6 is 0 Å². The highest BCUT2D eigenvalue weighted by Gasteiger charge is 2.36. The Labute approximate surface area is 220 Å². The molecule has 1 atom stereocenters. The van der Waals surface area contributed by atoms with Gasteiger partial charge in [-0.25, -0.2) is 13.2 Å². The summed E-state index contributed by atoms with van der Waals surface area (Å²) in [5, 5.41) is 2.41. The topological polar surface area (TPSA) is 78.7 Å². The molecule has 0 radical (unpaired) electrons. The van der Waals surface area contributed by atoms with Crippen LogP contribution in [0.2, 0.25) is 0 Å². The number of nitrogens with zero attached hydrogens (tertiary/aromatic N) is 2. The summed E-state index contributed by atoms with van der Waals surface area (Å²) in [4.78, 5) is 28.3. The average Bonchev–Trinajstić information content (AvgIpc) is 2.85. The fourth-order valence-electron chi connectivity index (χ4n) is 4.43. The number of halogens is 6. The number of benzene rings is 3. The van der Waals surface area contributed by atoms with Gasteiger partial charge >= 0.3 is 6.18 Å². The lowest BCUT2D eigenvalue weighted by atomic mass is 10.00. The van der Waals surface area contributed by atoms with Crippen molar-refractivity contribution >= 4 is 23.2 Å². The molecule has 1 heterocycles. The Bertz CT molecular complexity index is 1440. The molecule has 3 aromatic carbocycles. The molecule has 0 spiro atoms. The molecular formula is C27H24F6N4O2. The highest BCUT2D eigenvalue weighted by atomic mass is 19.4. The van der Waals surface area contributed by atoms with Gasteiger partial charge in [0.05, 0.1) is 28.1 Å². The van der Waals surface area contributed by atoms with Crippen LogP contribution in [0.15, 0.2) is 48.5 Å². The molecule has 1 aliphatic rings. The number of amides is 2. The van der Waals surface area contributed by atoms with Crippen molar-refractivity contribution < 1.29 is 35.9 Å². The minimum atomic E-state index is -5.02. The first-order valence-electron chi connectivity index (χ1n) is 11.8. The van der Waals surface area contributed by atoms with E-state index in [1.165, 1.54) is 12.1 Å². The predicted molar refractivity (Wildman–Crippen MR) is 134 cm³/mol. The Morgan fingerprint density at radius 2 is 1.64 bits per heavy atom. The van der Waals surface area contributed by atoms with Gasteiger partial charge in [-0.15, -0.1) is 0 Å². The molecule has 3 N–H and O–H groups in total. The number of primary amides is 1. The molecule has 1 fully saturated rings. The van der Waals surface area contributed by atoms with Crippen LogP contribution < -0.4 is 16.0 Å². The lowest BCUT2D eigenvalue weighted by molar-refractivity contribution is -0.138. The normalized spacial score (nSPS) is 16.3. The maximum absolute atomic E-state index is 15.4.